The van der Waals surface area contributed by atoms with Crippen molar-refractivity contribution in [1.29, 1.82) is 0 Å². The van der Waals surface area contributed by atoms with Crippen LogP contribution in [0.5, 0.6) is 23.0 Å². The number of hydrogen-bond acceptors (Lipinski definition) is 6. The van der Waals surface area contributed by atoms with E-state index in [1.807, 2.05) is 0 Å². The third kappa shape index (κ3) is 13.3. The molecule has 3 atom stereocenters. The highest BCUT2D eigenvalue weighted by atomic mass is 19.4. The third-order valence-corrected chi connectivity index (χ3v) is 11.4. The maximum Gasteiger partial charge on any atom is 0.458 e. The number of aliphatic hydroxyl groups excluding tert-OH is 1. The highest BCUT2D eigenvalue weighted by Crippen LogP contribution is 2.47. The highest BCUT2D eigenvalue weighted by Gasteiger charge is 2.67. The van der Waals surface area contributed by atoms with E-state index in [1.54, 1.807) is 19.9 Å². The lowest BCUT2D eigenvalue weighted by Crippen LogP contribution is -2.71. The molecule has 0 amide bonds. The molecule has 0 aliphatic rings. The quantitative estimate of drug-likeness (QED) is 0.0942. The van der Waals surface area contributed by atoms with E-state index in [0.717, 1.165) is 48.5 Å². The molecule has 2 unspecified atom stereocenters. The van der Waals surface area contributed by atoms with Gasteiger partial charge in [0.25, 0.3) is 0 Å². The fraction of sp³-hybridized carbons (Fsp3) is 0.280. The van der Waals surface area contributed by atoms with E-state index in [2.05, 4.69) is 0 Å². The molecular weight excluding hydrogens is 1050 g/mol. The predicted octanol–water partition coefficient (Wildman–Crippen LogP) is 15.2. The Morgan fingerprint density at radius 3 is 1.41 bits per heavy atom. The zero-order valence-corrected chi connectivity index (χ0v) is 38.2. The van der Waals surface area contributed by atoms with Gasteiger partial charge in [0.2, 0.25) is 5.60 Å². The fourth-order valence-electron chi connectivity index (χ4n) is 7.88. The van der Waals surface area contributed by atoms with Crippen LogP contribution in [0.4, 0.5) is 94.8 Å². The maximum absolute atomic E-state index is 16.1. The van der Waals surface area contributed by atoms with Crippen LogP contribution in [0, 0.1) is 25.5 Å². The van der Waals surface area contributed by atoms with Gasteiger partial charge >= 0.3 is 36.8 Å². The summed E-state index contributed by atoms with van der Waals surface area (Å²) in [7, 11) is 0. The number of rotatable bonds is 16. The van der Waals surface area contributed by atoms with Crippen LogP contribution in [0.1, 0.15) is 38.9 Å². The Labute approximate surface area is 412 Å². The molecule has 6 rings (SSSR count). The van der Waals surface area contributed by atoms with Crippen LogP contribution in [0.2, 0.25) is 0 Å². The first-order valence-electron chi connectivity index (χ1n) is 21.4. The number of aryl methyl sites for hydroxylation is 2. The minimum absolute atomic E-state index is 0.0238. The van der Waals surface area contributed by atoms with Gasteiger partial charge in [-0.1, -0.05) is 30.3 Å². The van der Waals surface area contributed by atoms with E-state index in [-0.39, 0.29) is 58.0 Å². The van der Waals surface area contributed by atoms with Gasteiger partial charge in [-0.2, -0.15) is 74.6 Å². The van der Waals surface area contributed by atoms with Gasteiger partial charge in [-0.3, -0.25) is 0 Å². The lowest BCUT2D eigenvalue weighted by atomic mass is 9.85. The summed E-state index contributed by atoms with van der Waals surface area (Å²) in [5.41, 5.74) is -13.2. The van der Waals surface area contributed by atoms with Crippen LogP contribution >= 0.6 is 0 Å². The standard InChI is InChI=1S/C50H37F19N2O4/c1-27-16-28(2)18-39(17-27)75-38-11-5-8-35(23-38)71(25-30-20-33(47(58,59)60)13-15-41(30)52)42(43(72)48(61,62)63)44(73,49(64,65)66)26-70(24-29-19-32(46(55,56)57)12-14-40(29)51)34-7-4-10-37(22-34)74-36-9-3-6-31(21-36)45(53,54)50(67,68)69/h3-23,42-43,72-73H,24-26H2,1-2H3/t42?,43?,44-/m1/s1. The van der Waals surface area contributed by atoms with Crippen molar-refractivity contribution in [2.24, 2.45) is 0 Å². The molecule has 0 radical (unpaired) electrons. The lowest BCUT2D eigenvalue weighted by molar-refractivity contribution is -0.292. The van der Waals surface area contributed by atoms with Crippen LogP contribution < -0.4 is 19.3 Å². The summed E-state index contributed by atoms with van der Waals surface area (Å²) >= 11 is 0. The minimum Gasteiger partial charge on any atom is -0.457 e. The molecule has 0 aliphatic carbocycles. The molecule has 6 aromatic carbocycles. The number of aliphatic hydroxyl groups is 2. The number of halogens is 19. The normalized spacial score (nSPS) is 14.5. The molecule has 0 saturated carbocycles. The van der Waals surface area contributed by atoms with Crippen molar-refractivity contribution >= 4 is 11.4 Å². The number of benzene rings is 6. The van der Waals surface area contributed by atoms with Crippen molar-refractivity contribution in [3.05, 3.63) is 178 Å². The summed E-state index contributed by atoms with van der Waals surface area (Å²) in [6.07, 6.45) is -33.9. The largest absolute Gasteiger partial charge is 0.458 e. The van der Waals surface area contributed by atoms with Gasteiger partial charge in [0.15, 0.2) is 6.10 Å². The Balaban J connectivity index is 1.59. The first-order valence-corrected chi connectivity index (χ1v) is 21.4. The molecule has 0 saturated heterocycles. The topological polar surface area (TPSA) is 65.4 Å². The second-order valence-corrected chi connectivity index (χ2v) is 17.1. The van der Waals surface area contributed by atoms with E-state index in [1.165, 1.54) is 12.1 Å². The summed E-state index contributed by atoms with van der Waals surface area (Å²) in [5, 5.41) is 23.4. The molecule has 0 fully saturated rings. The van der Waals surface area contributed by atoms with E-state index in [9.17, 15) is 58.5 Å². The third-order valence-electron chi connectivity index (χ3n) is 11.4. The average molecular weight is 1090 g/mol. The first kappa shape index (κ1) is 57.4. The highest BCUT2D eigenvalue weighted by molar-refractivity contribution is 5.57. The molecule has 6 nitrogen and oxygen atoms in total. The first-order chi connectivity index (χ1) is 34.5. The zero-order chi connectivity index (χ0) is 55.9. The summed E-state index contributed by atoms with van der Waals surface area (Å²) in [4.78, 5) is -0.00324. The number of ether oxygens (including phenoxy) is 2. The zero-order valence-electron chi connectivity index (χ0n) is 38.2. The van der Waals surface area contributed by atoms with Crippen molar-refractivity contribution < 1.29 is 103 Å². The second kappa shape index (κ2) is 21.0. The average Bonchev–Trinajstić information content (AvgIpc) is 3.28. The Morgan fingerprint density at radius 1 is 0.480 bits per heavy atom. The van der Waals surface area contributed by atoms with Crippen LogP contribution in [0.15, 0.2) is 127 Å². The Kier molecular flexibility index (Phi) is 16.1. The lowest BCUT2D eigenvalue weighted by Gasteiger charge is -2.48. The summed E-state index contributed by atoms with van der Waals surface area (Å²) in [5.74, 6) is -10.6. The molecule has 0 spiro atoms. The summed E-state index contributed by atoms with van der Waals surface area (Å²) in [6, 6.07) is 10.2. The fourth-order valence-corrected chi connectivity index (χ4v) is 7.88. The molecule has 75 heavy (non-hydrogen) atoms. The Bertz CT molecular complexity index is 2950. The molecule has 404 valence electrons. The molecule has 0 heterocycles. The number of nitrogens with zero attached hydrogens (tertiary/aromatic N) is 2. The van der Waals surface area contributed by atoms with Crippen LogP contribution in [0.25, 0.3) is 0 Å². The van der Waals surface area contributed by atoms with Crippen LogP contribution in [0.3, 0.4) is 0 Å². The maximum atomic E-state index is 16.1. The van der Waals surface area contributed by atoms with Crippen molar-refractivity contribution in [2.75, 3.05) is 16.3 Å². The van der Waals surface area contributed by atoms with E-state index in [0.29, 0.717) is 29.3 Å². The predicted molar refractivity (Wildman–Crippen MR) is 232 cm³/mol. The smallest absolute Gasteiger partial charge is 0.457 e. The van der Waals surface area contributed by atoms with Crippen molar-refractivity contribution in [1.82, 2.24) is 0 Å². The van der Waals surface area contributed by atoms with Crippen molar-refractivity contribution in [3.8, 4) is 23.0 Å². The minimum atomic E-state index is -6.51. The second-order valence-electron chi connectivity index (χ2n) is 17.1. The van der Waals surface area contributed by atoms with Crippen molar-refractivity contribution in [3.63, 3.8) is 0 Å². The monoisotopic (exact) mass is 1090 g/mol. The van der Waals surface area contributed by atoms with Gasteiger partial charge in [0.1, 0.15) is 40.7 Å². The molecule has 2 N–H and O–H groups in total. The summed E-state index contributed by atoms with van der Waals surface area (Å²) < 4.78 is 288. The van der Waals surface area contributed by atoms with Crippen LogP contribution in [-0.4, -0.2) is 53.0 Å². The van der Waals surface area contributed by atoms with E-state index in [4.69, 9.17) is 9.47 Å². The molecule has 6 aromatic rings. The van der Waals surface area contributed by atoms with Gasteiger partial charge in [-0.05, 0) is 110 Å². The number of alkyl halides is 17. The van der Waals surface area contributed by atoms with Gasteiger partial charge in [-0.15, -0.1) is 0 Å². The molecule has 0 bridgehead atoms. The van der Waals surface area contributed by atoms with Gasteiger partial charge in [0.05, 0.1) is 17.7 Å². The molecular formula is C50H37F19N2O4. The Hall–Kier alpha value is -6.89. The number of anilines is 2. The SMILES string of the molecule is Cc1cc(C)cc(Oc2cccc(N(Cc3cc(C(F)(F)F)ccc3F)C(C(O)C(F)(F)F)[C@](O)(CN(Cc3cc(C(F)(F)F)ccc3F)c3cccc(Oc4cccc(C(F)(F)C(F)(F)F)c4)c3)C(F)(F)F)c2)c1. The number of hydrogen-bond donors (Lipinski definition) is 2. The van der Waals surface area contributed by atoms with Crippen LogP contribution in [-0.2, 0) is 31.4 Å². The summed E-state index contributed by atoms with van der Waals surface area (Å²) in [6.45, 7) is -2.49. The van der Waals surface area contributed by atoms with Gasteiger partial charge in [-0.25, -0.2) is 8.78 Å². The molecule has 0 aromatic heterocycles. The molecule has 0 aliphatic heterocycles. The van der Waals surface area contributed by atoms with Gasteiger partial charge in [0, 0.05) is 53.3 Å². The van der Waals surface area contributed by atoms with E-state index >= 15 is 35.1 Å². The Morgan fingerprint density at radius 2 is 0.933 bits per heavy atom. The van der Waals surface area contributed by atoms with E-state index < -0.39 is 142 Å². The van der Waals surface area contributed by atoms with Gasteiger partial charge < -0.3 is 29.5 Å². The molecule has 25 heteroatoms. The van der Waals surface area contributed by atoms with Crippen molar-refractivity contribution in [2.45, 2.75) is 81.5 Å².